The minimum atomic E-state index is -0.109. The van der Waals surface area contributed by atoms with Crippen LogP contribution in [0.5, 0.6) is 0 Å². The van der Waals surface area contributed by atoms with E-state index < -0.39 is 0 Å². The lowest BCUT2D eigenvalue weighted by Crippen LogP contribution is -2.16. The van der Waals surface area contributed by atoms with Crippen LogP contribution in [-0.4, -0.2) is 15.6 Å². The van der Waals surface area contributed by atoms with E-state index in [9.17, 15) is 9.59 Å². The molecule has 0 bridgehead atoms. The first-order valence-corrected chi connectivity index (χ1v) is 9.02. The molecule has 0 N–H and O–H groups in total. The van der Waals surface area contributed by atoms with E-state index in [0.29, 0.717) is 18.4 Å². The van der Waals surface area contributed by atoms with E-state index >= 15 is 0 Å². The van der Waals surface area contributed by atoms with Gasteiger partial charge in [0.2, 0.25) is 0 Å². The van der Waals surface area contributed by atoms with Crippen LogP contribution in [0.3, 0.4) is 0 Å². The average molecular weight is 340 g/mol. The van der Waals surface area contributed by atoms with Crippen molar-refractivity contribution in [2.24, 2.45) is 0 Å². The molecule has 0 aliphatic carbocycles. The van der Waals surface area contributed by atoms with Crippen LogP contribution in [0, 0.1) is 0 Å². The maximum absolute atomic E-state index is 12.6. The SMILES string of the molecule is CC(C)(C)SC(=O)CC(CC(=O)c1ccccc1)c1ccccc1. The van der Waals surface area contributed by atoms with Crippen LogP contribution >= 0.6 is 11.8 Å². The zero-order valence-corrected chi connectivity index (χ0v) is 15.3. The van der Waals surface area contributed by atoms with E-state index in [1.165, 1.54) is 11.8 Å². The van der Waals surface area contributed by atoms with E-state index in [4.69, 9.17) is 0 Å². The monoisotopic (exact) mass is 340 g/mol. The van der Waals surface area contributed by atoms with Gasteiger partial charge in [0.15, 0.2) is 10.9 Å². The Morgan fingerprint density at radius 1 is 0.875 bits per heavy atom. The standard InChI is InChI=1S/C21H24O2S/c1-21(2,3)24-20(23)15-18(16-10-6-4-7-11-16)14-19(22)17-12-8-5-9-13-17/h4-13,18H,14-15H2,1-3H3. The third kappa shape index (κ3) is 5.97. The first-order valence-electron chi connectivity index (χ1n) is 8.20. The van der Waals surface area contributed by atoms with Gasteiger partial charge in [0.05, 0.1) is 0 Å². The number of ketones is 1. The lowest BCUT2D eigenvalue weighted by atomic mass is 9.89. The maximum atomic E-state index is 12.6. The second kappa shape index (κ2) is 8.29. The molecule has 24 heavy (non-hydrogen) atoms. The van der Waals surface area contributed by atoms with Gasteiger partial charge < -0.3 is 0 Å². The van der Waals surface area contributed by atoms with Gasteiger partial charge in [-0.3, -0.25) is 9.59 Å². The smallest absolute Gasteiger partial charge is 0.190 e. The van der Waals surface area contributed by atoms with Gasteiger partial charge in [-0.1, -0.05) is 93.2 Å². The van der Waals surface area contributed by atoms with Gasteiger partial charge in [-0.15, -0.1) is 0 Å². The Morgan fingerprint density at radius 3 is 1.96 bits per heavy atom. The van der Waals surface area contributed by atoms with Crippen molar-refractivity contribution in [3.8, 4) is 0 Å². The lowest BCUT2D eigenvalue weighted by molar-refractivity contribution is -0.111. The quantitative estimate of drug-likeness (QED) is 0.652. The molecule has 0 saturated heterocycles. The first-order chi connectivity index (χ1) is 11.3. The van der Waals surface area contributed by atoms with Crippen LogP contribution in [0.4, 0.5) is 0 Å². The lowest BCUT2D eigenvalue weighted by Gasteiger charge is -2.20. The molecular weight excluding hydrogens is 316 g/mol. The summed E-state index contributed by atoms with van der Waals surface area (Å²) in [5, 5.41) is 0.136. The van der Waals surface area contributed by atoms with Gasteiger partial charge in [-0.2, -0.15) is 0 Å². The zero-order valence-electron chi connectivity index (χ0n) is 14.5. The van der Waals surface area contributed by atoms with Crippen molar-refractivity contribution >= 4 is 22.7 Å². The number of thioether (sulfide) groups is 1. The summed E-state index contributed by atoms with van der Waals surface area (Å²) in [5.74, 6) is -0.000678. The molecule has 2 aromatic rings. The number of Topliss-reactive ketones (excluding diaryl/α,β-unsaturated/α-hetero) is 1. The third-order valence-electron chi connectivity index (χ3n) is 3.63. The summed E-state index contributed by atoms with van der Waals surface area (Å²) in [6.07, 6.45) is 0.731. The van der Waals surface area contributed by atoms with Crippen LogP contribution in [0.1, 0.15) is 55.5 Å². The molecule has 2 nitrogen and oxygen atoms in total. The average Bonchev–Trinajstić information content (AvgIpc) is 2.54. The van der Waals surface area contributed by atoms with E-state index in [2.05, 4.69) is 0 Å². The zero-order chi connectivity index (χ0) is 17.6. The summed E-state index contributed by atoms with van der Waals surface area (Å²) < 4.78 is -0.109. The topological polar surface area (TPSA) is 34.1 Å². The maximum Gasteiger partial charge on any atom is 0.190 e. The summed E-state index contributed by atoms with van der Waals surface area (Å²) in [6.45, 7) is 6.09. The summed E-state index contributed by atoms with van der Waals surface area (Å²) in [6, 6.07) is 19.1. The van der Waals surface area contributed by atoms with E-state index in [-0.39, 0.29) is 21.6 Å². The van der Waals surface area contributed by atoms with Crippen molar-refractivity contribution in [2.45, 2.75) is 44.3 Å². The second-order valence-electron chi connectivity index (χ2n) is 6.89. The first kappa shape index (κ1) is 18.5. The number of benzene rings is 2. The Morgan fingerprint density at radius 2 is 1.42 bits per heavy atom. The third-order valence-corrected chi connectivity index (χ3v) is 4.64. The van der Waals surface area contributed by atoms with Crippen molar-refractivity contribution < 1.29 is 9.59 Å². The fourth-order valence-electron chi connectivity index (χ4n) is 2.58. The highest BCUT2D eigenvalue weighted by atomic mass is 32.2. The highest BCUT2D eigenvalue weighted by molar-refractivity contribution is 8.14. The largest absolute Gasteiger partial charge is 0.294 e. The molecule has 0 radical (unpaired) electrons. The van der Waals surface area contributed by atoms with Gasteiger partial charge in [0.25, 0.3) is 0 Å². The molecular formula is C21H24O2S. The molecule has 126 valence electrons. The Labute approximate surface area is 148 Å². The highest BCUT2D eigenvalue weighted by Gasteiger charge is 2.23. The summed E-state index contributed by atoms with van der Waals surface area (Å²) in [4.78, 5) is 25.0. The molecule has 2 rings (SSSR count). The summed E-state index contributed by atoms with van der Waals surface area (Å²) in [7, 11) is 0. The van der Waals surface area contributed by atoms with Crippen LogP contribution in [0.25, 0.3) is 0 Å². The Balaban J connectivity index is 2.15. The predicted octanol–water partition coefficient (Wildman–Crippen LogP) is 5.49. The normalized spacial score (nSPS) is 12.6. The molecule has 0 aromatic heterocycles. The predicted molar refractivity (Wildman–Crippen MR) is 102 cm³/mol. The Bertz CT molecular complexity index is 672. The van der Waals surface area contributed by atoms with Crippen LogP contribution in [-0.2, 0) is 4.79 Å². The Kier molecular flexibility index (Phi) is 6.38. The Hall–Kier alpha value is -1.87. The van der Waals surface area contributed by atoms with Crippen molar-refractivity contribution in [3.05, 3.63) is 71.8 Å². The summed E-state index contributed by atoms with van der Waals surface area (Å²) >= 11 is 1.35. The van der Waals surface area contributed by atoms with Crippen molar-refractivity contribution in [1.82, 2.24) is 0 Å². The molecule has 2 aromatic carbocycles. The molecule has 1 unspecified atom stereocenters. The molecule has 1 atom stereocenters. The number of hydrogen-bond acceptors (Lipinski definition) is 3. The number of carbonyl (C=O) groups excluding carboxylic acids is 2. The van der Waals surface area contributed by atoms with Gasteiger partial charge in [0, 0.05) is 23.2 Å². The fourth-order valence-corrected chi connectivity index (χ4v) is 3.55. The number of hydrogen-bond donors (Lipinski definition) is 0. The fraction of sp³-hybridized carbons (Fsp3) is 0.333. The van der Waals surface area contributed by atoms with Gasteiger partial charge in [-0.05, 0) is 11.5 Å². The molecule has 0 heterocycles. The molecule has 0 saturated carbocycles. The highest BCUT2D eigenvalue weighted by Crippen LogP contribution is 2.32. The molecule has 0 aliphatic rings. The number of carbonyl (C=O) groups is 2. The van der Waals surface area contributed by atoms with E-state index in [1.807, 2.05) is 81.4 Å². The molecule has 0 amide bonds. The minimum absolute atomic E-state index is 0.0815. The van der Waals surface area contributed by atoms with Crippen LogP contribution in [0.15, 0.2) is 60.7 Å². The van der Waals surface area contributed by atoms with E-state index in [1.54, 1.807) is 0 Å². The van der Waals surface area contributed by atoms with Gasteiger partial charge in [-0.25, -0.2) is 0 Å². The molecule has 0 aliphatic heterocycles. The van der Waals surface area contributed by atoms with Crippen LogP contribution < -0.4 is 0 Å². The van der Waals surface area contributed by atoms with Crippen LogP contribution in [0.2, 0.25) is 0 Å². The molecule has 0 spiro atoms. The van der Waals surface area contributed by atoms with Crippen molar-refractivity contribution in [1.29, 1.82) is 0 Å². The van der Waals surface area contributed by atoms with Crippen molar-refractivity contribution in [3.63, 3.8) is 0 Å². The molecule has 0 fully saturated rings. The number of rotatable bonds is 6. The minimum Gasteiger partial charge on any atom is -0.294 e. The molecule has 3 heteroatoms. The van der Waals surface area contributed by atoms with Crippen molar-refractivity contribution in [2.75, 3.05) is 0 Å². The van der Waals surface area contributed by atoms with E-state index in [0.717, 1.165) is 5.56 Å². The van der Waals surface area contributed by atoms with Gasteiger partial charge >= 0.3 is 0 Å². The second-order valence-corrected chi connectivity index (χ2v) is 8.78. The summed E-state index contributed by atoms with van der Waals surface area (Å²) in [5.41, 5.74) is 1.75. The van der Waals surface area contributed by atoms with Gasteiger partial charge in [0.1, 0.15) is 0 Å².